The first-order valence-corrected chi connectivity index (χ1v) is 8.40. The van der Waals surface area contributed by atoms with Gasteiger partial charge in [0.2, 0.25) is 0 Å². The number of ether oxygens (including phenoxy) is 1. The summed E-state index contributed by atoms with van der Waals surface area (Å²) in [5, 5.41) is 8.00. The number of benzene rings is 1. The first-order chi connectivity index (χ1) is 11.6. The maximum Gasteiger partial charge on any atom is 0.254 e. The first-order valence-electron chi connectivity index (χ1n) is 8.02. The van der Waals surface area contributed by atoms with Crippen LogP contribution in [0.2, 0.25) is 5.02 Å². The molecule has 1 amide bonds. The molecule has 7 heteroatoms. The highest BCUT2D eigenvalue weighted by molar-refractivity contribution is 6.30. The van der Waals surface area contributed by atoms with Crippen LogP contribution in [-0.4, -0.2) is 53.4 Å². The zero-order valence-corrected chi connectivity index (χ0v) is 14.6. The summed E-state index contributed by atoms with van der Waals surface area (Å²) < 4.78 is 7.37. The van der Waals surface area contributed by atoms with Gasteiger partial charge in [-0.15, -0.1) is 0 Å². The molecule has 1 saturated heterocycles. The van der Waals surface area contributed by atoms with Gasteiger partial charge in [0.25, 0.3) is 5.91 Å². The number of rotatable bonds is 4. The molecule has 0 saturated carbocycles. The van der Waals surface area contributed by atoms with E-state index in [1.165, 1.54) is 0 Å². The fourth-order valence-electron chi connectivity index (χ4n) is 2.80. The summed E-state index contributed by atoms with van der Waals surface area (Å²) in [5.41, 5.74) is 2.50. The molecule has 24 heavy (non-hydrogen) atoms. The predicted octanol–water partition coefficient (Wildman–Crippen LogP) is 2.36. The lowest BCUT2D eigenvalue weighted by atomic mass is 10.2. The number of hydrogen-bond acceptors (Lipinski definition) is 4. The Kier molecular flexibility index (Phi) is 5.18. The van der Waals surface area contributed by atoms with Gasteiger partial charge in [-0.1, -0.05) is 24.6 Å². The number of halogens is 1. The smallest absolute Gasteiger partial charge is 0.254 e. The van der Waals surface area contributed by atoms with Crippen LogP contribution < -0.4 is 5.32 Å². The molecule has 2 aromatic rings. The number of carbonyl (C=O) groups is 1. The molecule has 128 valence electrons. The fraction of sp³-hybridized carbons (Fsp3) is 0.412. The normalized spacial score (nSPS) is 18.5. The Hall–Kier alpha value is -1.89. The zero-order chi connectivity index (χ0) is 17.1. The van der Waals surface area contributed by atoms with Gasteiger partial charge in [0, 0.05) is 18.1 Å². The third-order valence-electron chi connectivity index (χ3n) is 4.08. The number of morpholine rings is 1. The van der Waals surface area contributed by atoms with Crippen LogP contribution in [0.1, 0.15) is 12.6 Å². The highest BCUT2D eigenvalue weighted by atomic mass is 35.5. The number of amides is 1. The van der Waals surface area contributed by atoms with Crippen LogP contribution in [-0.2, 0) is 16.0 Å². The number of hydrogen-bond donors (Lipinski definition) is 1. The largest absolute Gasteiger partial charge is 0.366 e. The van der Waals surface area contributed by atoms with Crippen LogP contribution in [0.3, 0.4) is 0 Å². The van der Waals surface area contributed by atoms with E-state index in [0.717, 1.165) is 24.3 Å². The number of nitrogens with zero attached hydrogens (tertiary/aromatic N) is 3. The number of aromatic nitrogens is 2. The minimum absolute atomic E-state index is 0.137. The van der Waals surface area contributed by atoms with Crippen molar-refractivity contribution in [3.63, 3.8) is 0 Å². The molecule has 6 nitrogen and oxygen atoms in total. The van der Waals surface area contributed by atoms with Crippen LogP contribution >= 0.6 is 11.6 Å². The highest BCUT2D eigenvalue weighted by Gasteiger charge is 2.26. The molecule has 0 bridgehead atoms. The molecule has 1 aromatic heterocycles. The van der Waals surface area contributed by atoms with E-state index < -0.39 is 6.10 Å². The van der Waals surface area contributed by atoms with Gasteiger partial charge in [0.1, 0.15) is 6.10 Å². The summed E-state index contributed by atoms with van der Waals surface area (Å²) in [4.78, 5) is 14.5. The van der Waals surface area contributed by atoms with E-state index in [0.29, 0.717) is 23.9 Å². The highest BCUT2D eigenvalue weighted by Crippen LogP contribution is 2.22. The second kappa shape index (κ2) is 7.34. The lowest BCUT2D eigenvalue weighted by Gasteiger charge is -2.29. The maximum atomic E-state index is 12.5. The van der Waals surface area contributed by atoms with E-state index >= 15 is 0 Å². The monoisotopic (exact) mass is 348 g/mol. The molecule has 0 aliphatic carbocycles. The quantitative estimate of drug-likeness (QED) is 0.921. The van der Waals surface area contributed by atoms with Crippen LogP contribution in [0.5, 0.6) is 0 Å². The van der Waals surface area contributed by atoms with E-state index in [2.05, 4.69) is 15.3 Å². The average Bonchev–Trinajstić information content (AvgIpc) is 2.97. The standard InChI is InChI=1S/C17H21ClN4O2/c1-3-15-14(20-17(23)16-11-21(2)7-8-24-16)10-19-22(15)13-6-4-5-12(18)9-13/h4-6,9-10,16H,3,7-8,11H2,1-2H3,(H,20,23)/t16-/m0/s1. The van der Waals surface area contributed by atoms with Crippen molar-refractivity contribution in [1.82, 2.24) is 14.7 Å². The third kappa shape index (κ3) is 3.61. The Morgan fingerprint density at radius 2 is 2.33 bits per heavy atom. The number of likely N-dealkylation sites (N-methyl/N-ethyl adjacent to an activating group) is 1. The maximum absolute atomic E-state index is 12.5. The van der Waals surface area contributed by atoms with E-state index in [4.69, 9.17) is 16.3 Å². The van der Waals surface area contributed by atoms with E-state index in [1.54, 1.807) is 10.9 Å². The Labute approximate surface area is 146 Å². The minimum Gasteiger partial charge on any atom is -0.366 e. The summed E-state index contributed by atoms with van der Waals surface area (Å²) >= 11 is 6.06. The Morgan fingerprint density at radius 3 is 3.04 bits per heavy atom. The van der Waals surface area contributed by atoms with Crippen LogP contribution in [0, 0.1) is 0 Å². The molecule has 0 spiro atoms. The number of anilines is 1. The van der Waals surface area contributed by atoms with Crippen molar-refractivity contribution in [3.8, 4) is 5.69 Å². The minimum atomic E-state index is -0.456. The summed E-state index contributed by atoms with van der Waals surface area (Å²) in [6.07, 6.45) is 1.94. The van der Waals surface area contributed by atoms with Crippen LogP contribution in [0.15, 0.2) is 30.5 Å². The molecule has 0 unspecified atom stereocenters. The second-order valence-corrected chi connectivity index (χ2v) is 6.30. The SMILES string of the molecule is CCc1c(NC(=O)[C@@H]2CN(C)CCO2)cnn1-c1cccc(Cl)c1. The zero-order valence-electron chi connectivity index (χ0n) is 13.8. The van der Waals surface area contributed by atoms with Crippen LogP contribution in [0.4, 0.5) is 5.69 Å². The van der Waals surface area contributed by atoms with Gasteiger partial charge < -0.3 is 15.0 Å². The third-order valence-corrected chi connectivity index (χ3v) is 4.31. The molecule has 1 atom stereocenters. The van der Waals surface area contributed by atoms with Gasteiger partial charge in [0.15, 0.2) is 0 Å². The molecule has 1 fully saturated rings. The van der Waals surface area contributed by atoms with Crippen molar-refractivity contribution in [2.45, 2.75) is 19.4 Å². The Bertz CT molecular complexity index is 731. The van der Waals surface area contributed by atoms with Gasteiger partial charge in [0.05, 0.1) is 29.9 Å². The lowest BCUT2D eigenvalue weighted by molar-refractivity contribution is -0.132. The molecular formula is C17H21ClN4O2. The van der Waals surface area contributed by atoms with E-state index in [-0.39, 0.29) is 5.91 Å². The van der Waals surface area contributed by atoms with Gasteiger partial charge in [-0.05, 0) is 31.7 Å². The van der Waals surface area contributed by atoms with Crippen molar-refractivity contribution in [1.29, 1.82) is 0 Å². The molecular weight excluding hydrogens is 328 g/mol. The van der Waals surface area contributed by atoms with Crippen molar-refractivity contribution in [2.24, 2.45) is 0 Å². The predicted molar refractivity (Wildman–Crippen MR) is 93.8 cm³/mol. The van der Waals surface area contributed by atoms with E-state index in [1.807, 2.05) is 38.2 Å². The summed E-state index contributed by atoms with van der Waals surface area (Å²) in [7, 11) is 1.98. The van der Waals surface area contributed by atoms with Crippen molar-refractivity contribution >= 4 is 23.2 Å². The van der Waals surface area contributed by atoms with Crippen LogP contribution in [0.25, 0.3) is 5.69 Å². The molecule has 1 aliphatic heterocycles. The average molecular weight is 349 g/mol. The number of carbonyl (C=O) groups excluding carboxylic acids is 1. The molecule has 1 aliphatic rings. The van der Waals surface area contributed by atoms with Gasteiger partial charge in [-0.3, -0.25) is 4.79 Å². The molecule has 1 aromatic carbocycles. The summed E-state index contributed by atoms with van der Waals surface area (Å²) in [6, 6.07) is 7.48. The van der Waals surface area contributed by atoms with E-state index in [9.17, 15) is 4.79 Å². The Balaban J connectivity index is 1.80. The van der Waals surface area contributed by atoms with Gasteiger partial charge >= 0.3 is 0 Å². The molecule has 1 N–H and O–H groups in total. The number of nitrogens with one attached hydrogen (secondary N) is 1. The van der Waals surface area contributed by atoms with Gasteiger partial charge in [-0.25, -0.2) is 4.68 Å². The van der Waals surface area contributed by atoms with Crippen molar-refractivity contribution in [2.75, 3.05) is 32.1 Å². The fourth-order valence-corrected chi connectivity index (χ4v) is 2.98. The van der Waals surface area contributed by atoms with Crippen molar-refractivity contribution < 1.29 is 9.53 Å². The summed E-state index contributed by atoms with van der Waals surface area (Å²) in [6.45, 7) is 4.03. The van der Waals surface area contributed by atoms with Gasteiger partial charge in [-0.2, -0.15) is 5.10 Å². The second-order valence-electron chi connectivity index (χ2n) is 5.86. The topological polar surface area (TPSA) is 59.4 Å². The molecule has 2 heterocycles. The summed E-state index contributed by atoms with van der Waals surface area (Å²) in [5.74, 6) is -0.137. The molecule has 3 rings (SSSR count). The lowest BCUT2D eigenvalue weighted by Crippen LogP contribution is -2.46. The van der Waals surface area contributed by atoms with Crippen molar-refractivity contribution in [3.05, 3.63) is 41.2 Å². The molecule has 0 radical (unpaired) electrons. The Morgan fingerprint density at radius 1 is 1.50 bits per heavy atom. The first kappa shape index (κ1) is 17.0.